The molecule has 0 aromatic heterocycles. The highest BCUT2D eigenvalue weighted by atomic mass is 16.5. The molecule has 0 radical (unpaired) electrons. The molecule has 1 aliphatic rings. The van der Waals surface area contributed by atoms with Crippen LogP contribution in [-0.4, -0.2) is 25.8 Å². The normalized spacial score (nSPS) is 28.5. The highest BCUT2D eigenvalue weighted by Crippen LogP contribution is 2.07. The molecule has 60 valence electrons. The van der Waals surface area contributed by atoms with Crippen LogP contribution in [0.1, 0.15) is 20.3 Å². The maximum absolute atomic E-state index is 5.60. The maximum atomic E-state index is 5.60. The number of nitrogens with one attached hydrogen (secondary N) is 1. The molecule has 0 bridgehead atoms. The quantitative estimate of drug-likeness (QED) is 0.591. The molecule has 0 aromatic rings. The first-order chi connectivity index (χ1) is 4.80. The highest BCUT2D eigenvalue weighted by Gasteiger charge is 2.14. The van der Waals surface area contributed by atoms with Crippen LogP contribution >= 0.6 is 0 Å². The van der Waals surface area contributed by atoms with Crippen LogP contribution in [0.15, 0.2) is 0 Å². The van der Waals surface area contributed by atoms with Gasteiger partial charge in [-0.05, 0) is 18.9 Å². The first kappa shape index (κ1) is 8.02. The van der Waals surface area contributed by atoms with E-state index in [1.165, 1.54) is 0 Å². The molecule has 1 unspecified atom stereocenters. The van der Waals surface area contributed by atoms with Gasteiger partial charge in [0.2, 0.25) is 0 Å². The van der Waals surface area contributed by atoms with Gasteiger partial charge in [-0.1, -0.05) is 13.8 Å². The summed E-state index contributed by atoms with van der Waals surface area (Å²) < 4.78 is 5.60. The molecule has 0 saturated carbocycles. The third kappa shape index (κ3) is 2.27. The Morgan fingerprint density at radius 1 is 1.50 bits per heavy atom. The molecule has 1 fully saturated rings. The third-order valence-corrected chi connectivity index (χ3v) is 1.92. The molecular formula is C8H17NO. The topological polar surface area (TPSA) is 21.3 Å². The Balaban J connectivity index is 2.28. The minimum atomic E-state index is 0.433. The molecule has 1 saturated heterocycles. The van der Waals surface area contributed by atoms with E-state index in [9.17, 15) is 0 Å². The Labute approximate surface area is 63.0 Å². The summed E-state index contributed by atoms with van der Waals surface area (Å²) in [5.41, 5.74) is 0. The van der Waals surface area contributed by atoms with E-state index < -0.39 is 0 Å². The van der Waals surface area contributed by atoms with E-state index in [0.717, 1.165) is 26.1 Å². The lowest BCUT2D eigenvalue weighted by atomic mass is 10.1. The Morgan fingerprint density at radius 3 is 3.00 bits per heavy atom. The second-order valence-electron chi connectivity index (χ2n) is 3.21. The molecule has 0 aromatic carbocycles. The minimum absolute atomic E-state index is 0.433. The summed E-state index contributed by atoms with van der Waals surface area (Å²) in [6.07, 6.45) is 1.59. The van der Waals surface area contributed by atoms with Crippen molar-refractivity contribution in [2.75, 3.05) is 19.7 Å². The van der Waals surface area contributed by atoms with Crippen molar-refractivity contribution < 1.29 is 4.74 Å². The molecule has 10 heavy (non-hydrogen) atoms. The lowest BCUT2D eigenvalue weighted by molar-refractivity contribution is 0.0357. The monoisotopic (exact) mass is 143 g/mol. The predicted octanol–water partition coefficient (Wildman–Crippen LogP) is 1.02. The van der Waals surface area contributed by atoms with Crippen molar-refractivity contribution in [3.8, 4) is 0 Å². The van der Waals surface area contributed by atoms with Crippen LogP contribution in [-0.2, 0) is 4.74 Å². The van der Waals surface area contributed by atoms with Crippen LogP contribution in [0.25, 0.3) is 0 Å². The smallest absolute Gasteiger partial charge is 0.0722 e. The Bertz CT molecular complexity index is 85.3. The first-order valence-electron chi connectivity index (χ1n) is 4.13. The Morgan fingerprint density at radius 2 is 2.30 bits per heavy atom. The number of hydrogen-bond acceptors (Lipinski definition) is 2. The summed E-state index contributed by atoms with van der Waals surface area (Å²) in [5.74, 6) is 0.644. The fraction of sp³-hybridized carbons (Fsp3) is 1.00. The van der Waals surface area contributed by atoms with Gasteiger partial charge in [-0.15, -0.1) is 0 Å². The molecule has 1 rings (SSSR count). The Hall–Kier alpha value is -0.0800. The van der Waals surface area contributed by atoms with Gasteiger partial charge in [-0.25, -0.2) is 0 Å². The maximum Gasteiger partial charge on any atom is 0.0722 e. The summed E-state index contributed by atoms with van der Waals surface area (Å²) in [7, 11) is 0. The van der Waals surface area contributed by atoms with E-state index in [0.29, 0.717) is 12.0 Å². The molecule has 1 aliphatic heterocycles. The van der Waals surface area contributed by atoms with Gasteiger partial charge in [0.05, 0.1) is 6.10 Å². The average Bonchev–Trinajstić information content (AvgIpc) is 2.12. The lowest BCUT2D eigenvalue weighted by Crippen LogP contribution is -2.30. The van der Waals surface area contributed by atoms with Crippen LogP contribution in [0.3, 0.4) is 0 Å². The zero-order valence-corrected chi connectivity index (χ0v) is 6.89. The molecule has 2 heteroatoms. The van der Waals surface area contributed by atoms with Gasteiger partial charge in [0.15, 0.2) is 0 Å². The van der Waals surface area contributed by atoms with Crippen molar-refractivity contribution in [2.24, 2.45) is 5.92 Å². The second-order valence-corrected chi connectivity index (χ2v) is 3.21. The molecule has 1 heterocycles. The number of hydrogen-bond donors (Lipinski definition) is 1. The van der Waals surface area contributed by atoms with Crippen molar-refractivity contribution in [3.63, 3.8) is 0 Å². The van der Waals surface area contributed by atoms with Crippen molar-refractivity contribution in [1.29, 1.82) is 0 Å². The molecular weight excluding hydrogens is 126 g/mol. The molecule has 1 N–H and O–H groups in total. The second kappa shape index (κ2) is 3.94. The molecule has 0 amide bonds. The average molecular weight is 143 g/mol. The van der Waals surface area contributed by atoms with Gasteiger partial charge in [0, 0.05) is 13.2 Å². The summed E-state index contributed by atoms with van der Waals surface area (Å²) in [5, 5.41) is 3.35. The zero-order valence-electron chi connectivity index (χ0n) is 6.89. The highest BCUT2D eigenvalue weighted by molar-refractivity contribution is 4.68. The van der Waals surface area contributed by atoms with Crippen molar-refractivity contribution in [3.05, 3.63) is 0 Å². The third-order valence-electron chi connectivity index (χ3n) is 1.92. The summed E-state index contributed by atoms with van der Waals surface area (Å²) >= 11 is 0. The van der Waals surface area contributed by atoms with E-state index in [1.54, 1.807) is 0 Å². The standard InChI is InChI=1S/C8H17NO/c1-7(2)8-6-9-4-3-5-10-8/h7-9H,3-6H2,1-2H3. The van der Waals surface area contributed by atoms with Crippen LogP contribution in [0.5, 0.6) is 0 Å². The fourth-order valence-electron chi connectivity index (χ4n) is 1.16. The van der Waals surface area contributed by atoms with Gasteiger partial charge >= 0.3 is 0 Å². The predicted molar refractivity (Wildman–Crippen MR) is 42.1 cm³/mol. The van der Waals surface area contributed by atoms with E-state index in [4.69, 9.17) is 4.74 Å². The zero-order chi connectivity index (χ0) is 7.40. The van der Waals surface area contributed by atoms with Gasteiger partial charge in [-0.3, -0.25) is 0 Å². The van der Waals surface area contributed by atoms with Crippen molar-refractivity contribution in [2.45, 2.75) is 26.4 Å². The summed E-state index contributed by atoms with van der Waals surface area (Å²) in [6.45, 7) is 7.48. The number of rotatable bonds is 1. The largest absolute Gasteiger partial charge is 0.377 e. The van der Waals surface area contributed by atoms with Gasteiger partial charge < -0.3 is 10.1 Å². The van der Waals surface area contributed by atoms with Gasteiger partial charge in [0.25, 0.3) is 0 Å². The SMILES string of the molecule is CC(C)C1CNCCCO1. The van der Waals surface area contributed by atoms with E-state index in [1.807, 2.05) is 0 Å². The van der Waals surface area contributed by atoms with E-state index in [-0.39, 0.29) is 0 Å². The first-order valence-corrected chi connectivity index (χ1v) is 4.13. The molecule has 0 aliphatic carbocycles. The molecule has 2 nitrogen and oxygen atoms in total. The summed E-state index contributed by atoms with van der Waals surface area (Å²) in [6, 6.07) is 0. The van der Waals surface area contributed by atoms with Gasteiger partial charge in [0.1, 0.15) is 0 Å². The Kier molecular flexibility index (Phi) is 3.16. The summed E-state index contributed by atoms with van der Waals surface area (Å²) in [4.78, 5) is 0. The molecule has 1 atom stereocenters. The van der Waals surface area contributed by atoms with Crippen LogP contribution < -0.4 is 5.32 Å². The fourth-order valence-corrected chi connectivity index (χ4v) is 1.16. The van der Waals surface area contributed by atoms with E-state index >= 15 is 0 Å². The number of ether oxygens (including phenoxy) is 1. The van der Waals surface area contributed by atoms with Crippen molar-refractivity contribution >= 4 is 0 Å². The van der Waals surface area contributed by atoms with Crippen LogP contribution in [0.4, 0.5) is 0 Å². The van der Waals surface area contributed by atoms with Crippen molar-refractivity contribution in [1.82, 2.24) is 5.32 Å². The van der Waals surface area contributed by atoms with Gasteiger partial charge in [-0.2, -0.15) is 0 Å². The minimum Gasteiger partial charge on any atom is -0.377 e. The van der Waals surface area contributed by atoms with E-state index in [2.05, 4.69) is 19.2 Å². The van der Waals surface area contributed by atoms with Crippen LogP contribution in [0.2, 0.25) is 0 Å². The van der Waals surface area contributed by atoms with Crippen LogP contribution in [0, 0.1) is 5.92 Å². The molecule has 0 spiro atoms. The lowest BCUT2D eigenvalue weighted by Gasteiger charge is -2.18.